The summed E-state index contributed by atoms with van der Waals surface area (Å²) in [5, 5.41) is 0. The SMILES string of the molecule is Cc1cc(C)c(N=Cc2ncncn2)c(C)c1.[Ni]. The van der Waals surface area contributed by atoms with Crippen molar-refractivity contribution >= 4 is 11.9 Å². The maximum absolute atomic E-state index is 4.44. The van der Waals surface area contributed by atoms with Crippen molar-refractivity contribution < 1.29 is 16.5 Å². The van der Waals surface area contributed by atoms with Crippen LogP contribution < -0.4 is 0 Å². The minimum Gasteiger partial charge on any atom is -0.252 e. The van der Waals surface area contributed by atoms with Gasteiger partial charge in [-0.3, -0.25) is 4.99 Å². The molecular weight excluding hydrogens is 271 g/mol. The summed E-state index contributed by atoms with van der Waals surface area (Å²) in [4.78, 5) is 16.2. The third kappa shape index (κ3) is 3.44. The van der Waals surface area contributed by atoms with Crippen LogP contribution in [0, 0.1) is 20.8 Å². The quantitative estimate of drug-likeness (QED) is 0.629. The van der Waals surface area contributed by atoms with Gasteiger partial charge in [0.1, 0.15) is 12.7 Å². The van der Waals surface area contributed by atoms with Crippen molar-refractivity contribution in [2.24, 2.45) is 4.99 Å². The Morgan fingerprint density at radius 3 is 2.11 bits per heavy atom. The molecule has 5 heteroatoms. The molecule has 0 aliphatic carbocycles. The summed E-state index contributed by atoms with van der Waals surface area (Å²) >= 11 is 0. The minimum absolute atomic E-state index is 0. The van der Waals surface area contributed by atoms with Gasteiger partial charge in [0, 0.05) is 16.5 Å². The number of nitrogens with zero attached hydrogens (tertiary/aromatic N) is 4. The van der Waals surface area contributed by atoms with Crippen LogP contribution in [0.2, 0.25) is 0 Å². The van der Waals surface area contributed by atoms with E-state index >= 15 is 0 Å². The smallest absolute Gasteiger partial charge is 0.173 e. The number of aromatic nitrogens is 3. The zero-order valence-electron chi connectivity index (χ0n) is 10.5. The number of hydrogen-bond acceptors (Lipinski definition) is 4. The van der Waals surface area contributed by atoms with Crippen LogP contribution in [0.3, 0.4) is 0 Å². The monoisotopic (exact) mass is 284 g/mol. The van der Waals surface area contributed by atoms with Gasteiger partial charge in [0.2, 0.25) is 0 Å². The maximum atomic E-state index is 4.44. The van der Waals surface area contributed by atoms with Crippen LogP contribution in [-0.2, 0) is 16.5 Å². The van der Waals surface area contributed by atoms with E-state index in [1.165, 1.54) is 18.2 Å². The van der Waals surface area contributed by atoms with Crippen molar-refractivity contribution in [1.82, 2.24) is 15.0 Å². The Labute approximate surface area is 117 Å². The van der Waals surface area contributed by atoms with Crippen LogP contribution in [0.1, 0.15) is 22.5 Å². The van der Waals surface area contributed by atoms with Crippen molar-refractivity contribution in [2.75, 3.05) is 0 Å². The maximum Gasteiger partial charge on any atom is 0.173 e. The molecule has 1 heterocycles. The molecule has 0 saturated carbocycles. The second kappa shape index (κ2) is 6.36. The van der Waals surface area contributed by atoms with E-state index in [9.17, 15) is 0 Å². The molecule has 0 saturated heterocycles. The van der Waals surface area contributed by atoms with E-state index in [0.717, 1.165) is 16.8 Å². The van der Waals surface area contributed by atoms with E-state index in [-0.39, 0.29) is 16.5 Å². The first kappa shape index (κ1) is 14.5. The van der Waals surface area contributed by atoms with Gasteiger partial charge in [-0.2, -0.15) is 0 Å². The van der Waals surface area contributed by atoms with Gasteiger partial charge in [0.05, 0.1) is 11.9 Å². The molecule has 0 N–H and O–H groups in total. The zero-order chi connectivity index (χ0) is 12.3. The molecule has 1 aromatic heterocycles. The fraction of sp³-hybridized carbons (Fsp3) is 0.231. The molecule has 0 bridgehead atoms. The predicted molar refractivity (Wildman–Crippen MR) is 67.7 cm³/mol. The molecule has 2 rings (SSSR count). The van der Waals surface area contributed by atoms with Crippen molar-refractivity contribution in [2.45, 2.75) is 20.8 Å². The Balaban J connectivity index is 0.00000162. The number of hydrogen-bond donors (Lipinski definition) is 0. The minimum atomic E-state index is 0. The Kier molecular flexibility index (Phi) is 5.11. The Bertz CT molecular complexity index is 529. The van der Waals surface area contributed by atoms with Crippen LogP contribution in [0.25, 0.3) is 0 Å². The van der Waals surface area contributed by atoms with Crippen LogP contribution in [0.15, 0.2) is 29.8 Å². The second-order valence-corrected chi connectivity index (χ2v) is 4.00. The number of benzene rings is 1. The van der Waals surface area contributed by atoms with Crippen LogP contribution in [-0.4, -0.2) is 21.2 Å². The molecular formula is C13H14N4Ni. The summed E-state index contributed by atoms with van der Waals surface area (Å²) in [7, 11) is 0. The Morgan fingerprint density at radius 1 is 1.00 bits per heavy atom. The van der Waals surface area contributed by atoms with Gasteiger partial charge >= 0.3 is 0 Å². The van der Waals surface area contributed by atoms with Gasteiger partial charge in [0.25, 0.3) is 0 Å². The summed E-state index contributed by atoms with van der Waals surface area (Å²) in [6, 6.07) is 4.24. The van der Waals surface area contributed by atoms with E-state index in [4.69, 9.17) is 0 Å². The molecule has 1 aromatic carbocycles. The standard InChI is InChI=1S/C13H14N4.Ni/c1-9-4-10(2)13(11(3)5-9)15-6-12-16-7-14-8-17-12;/h4-8H,1-3H3;. The summed E-state index contributed by atoms with van der Waals surface area (Å²) in [6.07, 6.45) is 4.58. The average molecular weight is 285 g/mol. The van der Waals surface area contributed by atoms with Gasteiger partial charge in [-0.05, 0) is 31.9 Å². The molecule has 0 radical (unpaired) electrons. The number of rotatable bonds is 2. The van der Waals surface area contributed by atoms with Crippen molar-refractivity contribution in [1.29, 1.82) is 0 Å². The molecule has 0 unspecified atom stereocenters. The molecule has 0 aliphatic heterocycles. The van der Waals surface area contributed by atoms with Crippen molar-refractivity contribution in [3.05, 3.63) is 47.3 Å². The fourth-order valence-electron chi connectivity index (χ4n) is 1.81. The third-order valence-corrected chi connectivity index (χ3v) is 2.46. The van der Waals surface area contributed by atoms with E-state index in [0.29, 0.717) is 5.82 Å². The van der Waals surface area contributed by atoms with Crippen molar-refractivity contribution in [3.8, 4) is 0 Å². The van der Waals surface area contributed by atoms with E-state index in [2.05, 4.69) is 52.8 Å². The molecule has 4 nitrogen and oxygen atoms in total. The first-order chi connectivity index (χ1) is 8.16. The van der Waals surface area contributed by atoms with Crippen LogP contribution in [0.4, 0.5) is 5.69 Å². The van der Waals surface area contributed by atoms with Crippen LogP contribution >= 0.6 is 0 Å². The number of aliphatic imine (C=N–C) groups is 1. The Morgan fingerprint density at radius 2 is 1.56 bits per heavy atom. The molecule has 0 aliphatic rings. The van der Waals surface area contributed by atoms with Crippen molar-refractivity contribution in [3.63, 3.8) is 0 Å². The summed E-state index contributed by atoms with van der Waals surface area (Å²) in [5.41, 5.74) is 4.55. The first-order valence-corrected chi connectivity index (χ1v) is 5.41. The summed E-state index contributed by atoms with van der Waals surface area (Å²) in [5.74, 6) is 0.569. The largest absolute Gasteiger partial charge is 0.252 e. The second-order valence-electron chi connectivity index (χ2n) is 4.00. The summed E-state index contributed by atoms with van der Waals surface area (Å²) < 4.78 is 0. The molecule has 0 amide bonds. The Hall–Kier alpha value is -1.61. The zero-order valence-corrected chi connectivity index (χ0v) is 11.5. The normalized spacial score (nSPS) is 10.4. The van der Waals surface area contributed by atoms with Gasteiger partial charge in [-0.25, -0.2) is 15.0 Å². The summed E-state index contributed by atoms with van der Waals surface area (Å²) in [6.45, 7) is 6.19. The topological polar surface area (TPSA) is 51.0 Å². The average Bonchev–Trinajstić information content (AvgIpc) is 2.29. The molecule has 0 spiro atoms. The third-order valence-electron chi connectivity index (χ3n) is 2.46. The van der Waals surface area contributed by atoms with Gasteiger partial charge in [0.15, 0.2) is 5.82 Å². The molecule has 2 aromatic rings. The van der Waals surface area contributed by atoms with Crippen LogP contribution in [0.5, 0.6) is 0 Å². The molecule has 0 fully saturated rings. The fourth-order valence-corrected chi connectivity index (χ4v) is 1.81. The van der Waals surface area contributed by atoms with E-state index in [1.54, 1.807) is 6.21 Å². The van der Waals surface area contributed by atoms with E-state index < -0.39 is 0 Å². The first-order valence-electron chi connectivity index (χ1n) is 5.41. The predicted octanol–water partition coefficient (Wildman–Crippen LogP) is 2.54. The molecule has 18 heavy (non-hydrogen) atoms. The number of aryl methyl sites for hydroxylation is 3. The van der Waals surface area contributed by atoms with Gasteiger partial charge < -0.3 is 0 Å². The van der Waals surface area contributed by atoms with Gasteiger partial charge in [-0.15, -0.1) is 0 Å². The van der Waals surface area contributed by atoms with E-state index in [1.807, 2.05) is 0 Å². The molecule has 0 atom stereocenters. The molecule has 96 valence electrons. The van der Waals surface area contributed by atoms with Gasteiger partial charge in [-0.1, -0.05) is 17.7 Å².